The zero-order valence-electron chi connectivity index (χ0n) is 16.3. The van der Waals surface area contributed by atoms with Gasteiger partial charge < -0.3 is 0 Å². The second-order valence-electron chi connectivity index (χ2n) is 7.16. The lowest BCUT2D eigenvalue weighted by Crippen LogP contribution is -2.24. The lowest BCUT2D eigenvalue weighted by atomic mass is 10.2. The zero-order valence-corrected chi connectivity index (χ0v) is 17.1. The smallest absolute Gasteiger partial charge is 0.297 e. The number of carbonyl (C=O) groups is 1. The lowest BCUT2D eigenvalue weighted by molar-refractivity contribution is 0.101. The Morgan fingerprint density at radius 3 is 2.59 bits per heavy atom. The van der Waals surface area contributed by atoms with Gasteiger partial charge in [0.25, 0.3) is 5.91 Å². The largest absolute Gasteiger partial charge is 0.297 e. The molecule has 1 saturated heterocycles. The Morgan fingerprint density at radius 1 is 1.14 bits per heavy atom. The maximum absolute atomic E-state index is 13.1. The van der Waals surface area contributed by atoms with Crippen molar-refractivity contribution in [3.05, 3.63) is 52.8 Å². The summed E-state index contributed by atoms with van der Waals surface area (Å²) >= 11 is 1.40. The van der Waals surface area contributed by atoms with Crippen molar-refractivity contribution >= 4 is 22.4 Å². The summed E-state index contributed by atoms with van der Waals surface area (Å²) in [6.45, 7) is 4.76. The third-order valence-electron chi connectivity index (χ3n) is 4.90. The Kier molecular flexibility index (Phi) is 5.96. The number of likely N-dealkylation sites (tertiary alicyclic amines) is 1. The molecular formula is C20H23FN6OS. The van der Waals surface area contributed by atoms with E-state index in [1.807, 2.05) is 5.38 Å². The van der Waals surface area contributed by atoms with E-state index in [9.17, 15) is 9.18 Å². The fraction of sp³-hybridized carbons (Fsp3) is 0.400. The summed E-state index contributed by atoms with van der Waals surface area (Å²) in [5.74, 6) is -0.146. The first-order chi connectivity index (χ1) is 14.1. The summed E-state index contributed by atoms with van der Waals surface area (Å²) in [5, 5.41) is 9.56. The van der Waals surface area contributed by atoms with E-state index in [4.69, 9.17) is 0 Å². The molecule has 0 aliphatic carbocycles. The molecule has 1 amide bonds. The van der Waals surface area contributed by atoms with Crippen LogP contribution in [-0.2, 0) is 6.54 Å². The predicted molar refractivity (Wildman–Crippen MR) is 110 cm³/mol. The summed E-state index contributed by atoms with van der Waals surface area (Å²) in [7, 11) is 0. The molecule has 1 N–H and O–H groups in total. The Hall–Kier alpha value is -2.65. The number of rotatable bonds is 5. The Balaban J connectivity index is 1.41. The van der Waals surface area contributed by atoms with Crippen molar-refractivity contribution in [2.45, 2.75) is 39.2 Å². The van der Waals surface area contributed by atoms with Gasteiger partial charge in [-0.25, -0.2) is 19.0 Å². The molecule has 7 nitrogen and oxygen atoms in total. The van der Waals surface area contributed by atoms with Crippen LogP contribution in [0.2, 0.25) is 0 Å². The molecule has 0 saturated carbocycles. The third kappa shape index (κ3) is 4.86. The molecule has 0 unspecified atom stereocenters. The van der Waals surface area contributed by atoms with Crippen LogP contribution in [0, 0.1) is 12.7 Å². The van der Waals surface area contributed by atoms with Gasteiger partial charge in [-0.15, -0.1) is 16.4 Å². The molecule has 1 fully saturated rings. The van der Waals surface area contributed by atoms with Gasteiger partial charge in [0.1, 0.15) is 11.6 Å². The van der Waals surface area contributed by atoms with Crippen LogP contribution in [0.4, 0.5) is 9.52 Å². The predicted octanol–water partition coefficient (Wildman–Crippen LogP) is 3.80. The van der Waals surface area contributed by atoms with Gasteiger partial charge in [0.15, 0.2) is 5.13 Å². The first kappa shape index (κ1) is 19.7. The Bertz CT molecular complexity index is 975. The van der Waals surface area contributed by atoms with Gasteiger partial charge in [0.2, 0.25) is 5.82 Å². The number of anilines is 1. The zero-order chi connectivity index (χ0) is 20.2. The SMILES string of the molecule is Cc1nc(C(=O)Nc2nc(CN3CCCCCC3)cs2)nn1-c1ccc(F)cc1. The monoisotopic (exact) mass is 414 g/mol. The molecule has 1 aliphatic rings. The van der Waals surface area contributed by atoms with Gasteiger partial charge in [-0.3, -0.25) is 15.0 Å². The van der Waals surface area contributed by atoms with Gasteiger partial charge in [-0.2, -0.15) is 0 Å². The Labute approximate surface area is 172 Å². The molecule has 2 aromatic heterocycles. The molecule has 0 radical (unpaired) electrons. The van der Waals surface area contributed by atoms with Crippen molar-refractivity contribution in [2.75, 3.05) is 18.4 Å². The van der Waals surface area contributed by atoms with Gasteiger partial charge in [0, 0.05) is 11.9 Å². The Morgan fingerprint density at radius 2 is 1.86 bits per heavy atom. The van der Waals surface area contributed by atoms with Crippen LogP contribution < -0.4 is 5.32 Å². The molecule has 4 rings (SSSR count). The average molecular weight is 415 g/mol. The van der Waals surface area contributed by atoms with Crippen LogP contribution in [0.1, 0.15) is 47.8 Å². The fourth-order valence-electron chi connectivity index (χ4n) is 3.43. The second-order valence-corrected chi connectivity index (χ2v) is 8.02. The molecule has 0 atom stereocenters. The highest BCUT2D eigenvalue weighted by molar-refractivity contribution is 7.13. The number of benzene rings is 1. The van der Waals surface area contributed by atoms with Crippen LogP contribution >= 0.6 is 11.3 Å². The maximum Gasteiger partial charge on any atom is 0.297 e. The molecule has 1 aliphatic heterocycles. The fourth-order valence-corrected chi connectivity index (χ4v) is 4.12. The lowest BCUT2D eigenvalue weighted by Gasteiger charge is -2.17. The topological polar surface area (TPSA) is 75.9 Å². The quantitative estimate of drug-likeness (QED) is 0.687. The molecule has 1 aromatic carbocycles. The number of carbonyl (C=O) groups excluding carboxylic acids is 1. The molecule has 152 valence electrons. The van der Waals surface area contributed by atoms with Crippen LogP contribution in [0.3, 0.4) is 0 Å². The van der Waals surface area contributed by atoms with E-state index in [1.165, 1.54) is 53.8 Å². The summed E-state index contributed by atoms with van der Waals surface area (Å²) in [6.07, 6.45) is 5.06. The normalized spacial score (nSPS) is 15.2. The van der Waals surface area contributed by atoms with Gasteiger partial charge in [-0.1, -0.05) is 12.8 Å². The summed E-state index contributed by atoms with van der Waals surface area (Å²) in [6, 6.07) is 5.87. The molecule has 9 heteroatoms. The van der Waals surface area contributed by atoms with Crippen molar-refractivity contribution < 1.29 is 9.18 Å². The average Bonchev–Trinajstić information content (AvgIpc) is 3.21. The van der Waals surface area contributed by atoms with E-state index in [2.05, 4.69) is 25.3 Å². The van der Waals surface area contributed by atoms with Crippen molar-refractivity contribution in [3.63, 3.8) is 0 Å². The molecule has 3 aromatic rings. The third-order valence-corrected chi connectivity index (χ3v) is 5.71. The number of halogens is 1. The standard InChI is InChI=1S/C20H23FN6OS/c1-14-22-18(25-27(14)17-8-6-15(21)7-9-17)19(28)24-20-23-16(13-29-20)12-26-10-4-2-3-5-11-26/h6-9,13H,2-5,10-12H2,1H3,(H,23,24,28). The summed E-state index contributed by atoms with van der Waals surface area (Å²) in [5.41, 5.74) is 1.61. The van der Waals surface area contributed by atoms with E-state index in [1.54, 1.807) is 19.1 Å². The number of aromatic nitrogens is 4. The molecule has 0 spiro atoms. The molecular weight excluding hydrogens is 391 g/mol. The number of nitrogens with zero attached hydrogens (tertiary/aromatic N) is 5. The number of aryl methyl sites for hydroxylation is 1. The maximum atomic E-state index is 13.1. The first-order valence-corrected chi connectivity index (χ1v) is 10.6. The number of amides is 1. The second kappa shape index (κ2) is 8.79. The van der Waals surface area contributed by atoms with Crippen molar-refractivity contribution in [1.82, 2.24) is 24.6 Å². The minimum absolute atomic E-state index is 0.0519. The number of hydrogen-bond acceptors (Lipinski definition) is 6. The molecule has 0 bridgehead atoms. The van der Waals surface area contributed by atoms with Gasteiger partial charge in [0.05, 0.1) is 11.4 Å². The highest BCUT2D eigenvalue weighted by Gasteiger charge is 2.18. The minimum atomic E-state index is -0.412. The van der Waals surface area contributed by atoms with Gasteiger partial charge in [-0.05, 0) is 57.1 Å². The number of thiazole rings is 1. The van der Waals surface area contributed by atoms with E-state index < -0.39 is 5.91 Å². The van der Waals surface area contributed by atoms with E-state index in [0.29, 0.717) is 16.6 Å². The van der Waals surface area contributed by atoms with Crippen LogP contribution in [0.25, 0.3) is 5.69 Å². The molecule has 29 heavy (non-hydrogen) atoms. The minimum Gasteiger partial charge on any atom is -0.297 e. The van der Waals surface area contributed by atoms with E-state index in [-0.39, 0.29) is 11.6 Å². The van der Waals surface area contributed by atoms with Gasteiger partial charge >= 0.3 is 0 Å². The first-order valence-electron chi connectivity index (χ1n) is 9.76. The summed E-state index contributed by atoms with van der Waals surface area (Å²) < 4.78 is 14.6. The molecule has 3 heterocycles. The van der Waals surface area contributed by atoms with E-state index in [0.717, 1.165) is 25.3 Å². The van der Waals surface area contributed by atoms with Crippen LogP contribution in [0.5, 0.6) is 0 Å². The highest BCUT2D eigenvalue weighted by Crippen LogP contribution is 2.19. The number of nitrogens with one attached hydrogen (secondary N) is 1. The van der Waals surface area contributed by atoms with E-state index >= 15 is 0 Å². The van der Waals surface area contributed by atoms with Crippen LogP contribution in [-0.4, -0.2) is 43.6 Å². The number of hydrogen-bond donors (Lipinski definition) is 1. The van der Waals surface area contributed by atoms with Crippen molar-refractivity contribution in [2.24, 2.45) is 0 Å². The van der Waals surface area contributed by atoms with Crippen molar-refractivity contribution in [3.8, 4) is 5.69 Å². The van der Waals surface area contributed by atoms with Crippen LogP contribution in [0.15, 0.2) is 29.6 Å². The van der Waals surface area contributed by atoms with Crippen molar-refractivity contribution in [1.29, 1.82) is 0 Å². The summed E-state index contributed by atoms with van der Waals surface area (Å²) in [4.78, 5) is 23.7. The highest BCUT2D eigenvalue weighted by atomic mass is 32.1.